The monoisotopic (exact) mass is 438 g/mol. The molecule has 0 saturated heterocycles. The highest BCUT2D eigenvalue weighted by Crippen LogP contribution is 2.53. The van der Waals surface area contributed by atoms with Crippen LogP contribution < -0.4 is 0 Å². The van der Waals surface area contributed by atoms with Crippen molar-refractivity contribution in [2.45, 2.75) is 38.7 Å². The first-order valence-electron chi connectivity index (χ1n) is 11.0. The molecule has 4 aromatic carbocycles. The normalized spacial score (nSPS) is 15.7. The van der Waals surface area contributed by atoms with Gasteiger partial charge in [-0.3, -0.25) is 0 Å². The minimum atomic E-state index is -1.27. The van der Waals surface area contributed by atoms with E-state index in [9.17, 15) is 5.11 Å². The number of hydrogen-bond acceptors (Lipinski definition) is 1. The third kappa shape index (κ3) is 3.03. The molecule has 0 atom stereocenters. The lowest BCUT2D eigenvalue weighted by molar-refractivity contribution is 0.117. The van der Waals surface area contributed by atoms with Gasteiger partial charge in [-0.25, -0.2) is 0 Å². The molecule has 0 spiro atoms. The van der Waals surface area contributed by atoms with Crippen LogP contribution in [0.25, 0.3) is 11.1 Å². The van der Waals surface area contributed by atoms with Crippen LogP contribution >= 0.6 is 11.6 Å². The van der Waals surface area contributed by atoms with Crippen molar-refractivity contribution in [1.82, 2.24) is 0 Å². The number of aliphatic hydroxyl groups is 1. The average molecular weight is 439 g/mol. The highest BCUT2D eigenvalue weighted by Gasteiger charge is 2.47. The number of fused-ring (bicyclic) bond motifs is 2. The smallest absolute Gasteiger partial charge is 0.141 e. The van der Waals surface area contributed by atoms with Crippen molar-refractivity contribution in [1.29, 1.82) is 0 Å². The number of benzene rings is 4. The molecule has 32 heavy (non-hydrogen) atoms. The molecule has 0 bridgehead atoms. The first kappa shape index (κ1) is 21.0. The first-order chi connectivity index (χ1) is 15.2. The standard InChI is InChI=1S/C30H27ClO/c1-19-9-15-25-27(17-19)29(3,4)28-18-20(2)10-16-26(28)30(25,32)24-8-6-5-7-23(24)21-11-13-22(31)14-12-21/h5-18,32H,1-4H3. The molecule has 0 heterocycles. The van der Waals surface area contributed by atoms with Crippen LogP contribution in [0.15, 0.2) is 84.9 Å². The van der Waals surface area contributed by atoms with E-state index in [2.05, 4.69) is 76.2 Å². The van der Waals surface area contributed by atoms with Crippen molar-refractivity contribution in [2.75, 3.05) is 0 Å². The zero-order valence-electron chi connectivity index (χ0n) is 18.9. The Labute approximate surface area is 195 Å². The first-order valence-corrected chi connectivity index (χ1v) is 11.4. The van der Waals surface area contributed by atoms with Gasteiger partial charge in [-0.15, -0.1) is 0 Å². The summed E-state index contributed by atoms with van der Waals surface area (Å²) in [5.74, 6) is 0. The third-order valence-electron chi connectivity index (χ3n) is 6.95. The van der Waals surface area contributed by atoms with Crippen LogP contribution in [0, 0.1) is 13.8 Å². The van der Waals surface area contributed by atoms with Crippen molar-refractivity contribution in [3.05, 3.63) is 129 Å². The summed E-state index contributed by atoms with van der Waals surface area (Å²) in [6, 6.07) is 28.9. The van der Waals surface area contributed by atoms with Gasteiger partial charge < -0.3 is 5.11 Å². The Bertz CT molecular complexity index is 1280. The fourth-order valence-electron chi connectivity index (χ4n) is 5.24. The molecule has 0 saturated carbocycles. The van der Waals surface area contributed by atoms with Crippen molar-refractivity contribution in [3.63, 3.8) is 0 Å². The van der Waals surface area contributed by atoms with Crippen molar-refractivity contribution in [3.8, 4) is 11.1 Å². The predicted molar refractivity (Wildman–Crippen MR) is 133 cm³/mol. The molecule has 0 aliphatic heterocycles. The van der Waals surface area contributed by atoms with Crippen LogP contribution in [-0.2, 0) is 11.0 Å². The van der Waals surface area contributed by atoms with Crippen molar-refractivity contribution >= 4 is 11.6 Å². The largest absolute Gasteiger partial charge is 0.376 e. The molecule has 2 heteroatoms. The van der Waals surface area contributed by atoms with E-state index in [0.717, 1.165) is 27.8 Å². The van der Waals surface area contributed by atoms with E-state index >= 15 is 0 Å². The lowest BCUT2D eigenvalue weighted by atomic mass is 9.60. The molecule has 0 radical (unpaired) electrons. The second-order valence-electron chi connectivity index (χ2n) is 9.49. The Morgan fingerprint density at radius 2 is 1.16 bits per heavy atom. The SMILES string of the molecule is Cc1ccc2c(c1)C(C)(C)c1cc(C)ccc1C2(O)c1ccccc1-c1ccc(Cl)cc1. The summed E-state index contributed by atoms with van der Waals surface area (Å²) in [7, 11) is 0. The van der Waals surface area contributed by atoms with Crippen LogP contribution in [0.4, 0.5) is 0 Å². The lowest BCUT2D eigenvalue weighted by Crippen LogP contribution is -2.41. The van der Waals surface area contributed by atoms with Crippen LogP contribution in [-0.4, -0.2) is 5.11 Å². The Kier molecular flexibility index (Phi) is 4.81. The molecule has 1 aliphatic carbocycles. The lowest BCUT2D eigenvalue weighted by Gasteiger charge is -2.45. The quantitative estimate of drug-likeness (QED) is 0.342. The van der Waals surface area contributed by atoms with Gasteiger partial charge in [0.2, 0.25) is 0 Å². The van der Waals surface area contributed by atoms with Crippen LogP contribution in [0.2, 0.25) is 5.02 Å². The summed E-state index contributed by atoms with van der Waals surface area (Å²) in [4.78, 5) is 0. The van der Waals surface area contributed by atoms with Crippen molar-refractivity contribution < 1.29 is 5.11 Å². The third-order valence-corrected chi connectivity index (χ3v) is 7.20. The average Bonchev–Trinajstić information content (AvgIpc) is 2.78. The Morgan fingerprint density at radius 1 is 0.625 bits per heavy atom. The van der Waals surface area contributed by atoms with Crippen LogP contribution in [0.5, 0.6) is 0 Å². The fraction of sp³-hybridized carbons (Fsp3) is 0.200. The molecule has 1 N–H and O–H groups in total. The van der Waals surface area contributed by atoms with Gasteiger partial charge in [0.05, 0.1) is 0 Å². The number of hydrogen-bond donors (Lipinski definition) is 1. The van der Waals surface area contributed by atoms with Gasteiger partial charge in [-0.05, 0) is 59.4 Å². The summed E-state index contributed by atoms with van der Waals surface area (Å²) in [6.45, 7) is 8.74. The molecular formula is C30H27ClO. The second-order valence-corrected chi connectivity index (χ2v) is 9.92. The van der Waals surface area contributed by atoms with E-state index in [1.807, 2.05) is 36.4 Å². The highest BCUT2D eigenvalue weighted by molar-refractivity contribution is 6.30. The number of halogens is 1. The minimum Gasteiger partial charge on any atom is -0.376 e. The Morgan fingerprint density at radius 3 is 1.72 bits per heavy atom. The molecule has 0 amide bonds. The van der Waals surface area contributed by atoms with E-state index < -0.39 is 5.60 Å². The summed E-state index contributed by atoms with van der Waals surface area (Å²) >= 11 is 6.16. The van der Waals surface area contributed by atoms with Gasteiger partial charge >= 0.3 is 0 Å². The molecule has 0 unspecified atom stereocenters. The molecular weight excluding hydrogens is 412 g/mol. The molecule has 0 aromatic heterocycles. The van der Waals surface area contributed by atoms with Gasteiger partial charge in [0.1, 0.15) is 5.60 Å². The Hall–Kier alpha value is -2.87. The van der Waals surface area contributed by atoms with E-state index in [-0.39, 0.29) is 5.41 Å². The van der Waals surface area contributed by atoms with E-state index in [0.29, 0.717) is 5.02 Å². The minimum absolute atomic E-state index is 0.218. The van der Waals surface area contributed by atoms with Gasteiger partial charge in [-0.1, -0.05) is 109 Å². The number of aryl methyl sites for hydroxylation is 2. The molecule has 0 fully saturated rings. The van der Waals surface area contributed by atoms with E-state index in [1.165, 1.54) is 22.3 Å². The van der Waals surface area contributed by atoms with Crippen molar-refractivity contribution in [2.24, 2.45) is 0 Å². The van der Waals surface area contributed by atoms with Crippen LogP contribution in [0.1, 0.15) is 52.8 Å². The van der Waals surface area contributed by atoms with Gasteiger partial charge in [0.25, 0.3) is 0 Å². The highest BCUT2D eigenvalue weighted by atomic mass is 35.5. The summed E-state index contributed by atoms with van der Waals surface area (Å²) in [5.41, 5.74) is 8.07. The fourth-order valence-corrected chi connectivity index (χ4v) is 5.37. The molecule has 1 aliphatic rings. The summed E-state index contributed by atoms with van der Waals surface area (Å²) in [6.07, 6.45) is 0. The van der Waals surface area contributed by atoms with Gasteiger partial charge in [0, 0.05) is 16.0 Å². The molecule has 160 valence electrons. The van der Waals surface area contributed by atoms with Gasteiger partial charge in [-0.2, -0.15) is 0 Å². The molecule has 5 rings (SSSR count). The molecule has 4 aromatic rings. The predicted octanol–water partition coefficient (Wildman–Crippen LogP) is 7.55. The maximum absolute atomic E-state index is 12.7. The second kappa shape index (κ2) is 7.33. The summed E-state index contributed by atoms with van der Waals surface area (Å²) in [5, 5.41) is 13.4. The van der Waals surface area contributed by atoms with E-state index in [4.69, 9.17) is 11.6 Å². The topological polar surface area (TPSA) is 20.2 Å². The zero-order valence-corrected chi connectivity index (χ0v) is 19.7. The maximum atomic E-state index is 12.7. The maximum Gasteiger partial charge on any atom is 0.141 e. The van der Waals surface area contributed by atoms with Gasteiger partial charge in [0.15, 0.2) is 0 Å². The summed E-state index contributed by atoms with van der Waals surface area (Å²) < 4.78 is 0. The van der Waals surface area contributed by atoms with Crippen LogP contribution in [0.3, 0.4) is 0 Å². The molecule has 1 nitrogen and oxygen atoms in total. The Balaban J connectivity index is 1.88. The zero-order chi connectivity index (χ0) is 22.7. The number of rotatable bonds is 2. The van der Waals surface area contributed by atoms with E-state index in [1.54, 1.807) is 0 Å².